The highest BCUT2D eigenvalue weighted by Gasteiger charge is 2.08. The molecule has 0 heterocycles. The van der Waals surface area contributed by atoms with Crippen molar-refractivity contribution in [2.24, 2.45) is 0 Å². The van der Waals surface area contributed by atoms with Gasteiger partial charge >= 0.3 is 0 Å². The number of ether oxygens (including phenoxy) is 1. The molecule has 0 unspecified atom stereocenters. The fourth-order valence-electron chi connectivity index (χ4n) is 1.27. The van der Waals surface area contributed by atoms with Gasteiger partial charge in [0.1, 0.15) is 23.3 Å². The van der Waals surface area contributed by atoms with E-state index in [1.165, 1.54) is 13.2 Å². The number of nitrogens with one attached hydrogen (secondary N) is 2. The number of hydrogen-bond donors (Lipinski definition) is 2. The van der Waals surface area contributed by atoms with Gasteiger partial charge in [0.25, 0.3) is 5.91 Å². The van der Waals surface area contributed by atoms with Crippen LogP contribution in [-0.2, 0) is 9.53 Å². The van der Waals surface area contributed by atoms with E-state index in [4.69, 9.17) is 10.00 Å². The number of nitriles is 1. The normalized spacial score (nSPS) is 10.8. The average molecular weight is 281 g/mol. The van der Waals surface area contributed by atoms with Crippen LogP contribution in [0.25, 0.3) is 0 Å². The maximum Gasteiger partial charge on any atom is 0.263 e. The van der Waals surface area contributed by atoms with Crippen LogP contribution in [0.15, 0.2) is 30.0 Å². The third-order valence-corrected chi connectivity index (χ3v) is 2.26. The minimum absolute atomic E-state index is 0.0381. The lowest BCUT2D eigenvalue weighted by molar-refractivity contribution is -0.117. The van der Waals surface area contributed by atoms with Crippen molar-refractivity contribution >= 4 is 11.6 Å². The van der Waals surface area contributed by atoms with Crippen molar-refractivity contribution in [1.29, 1.82) is 5.26 Å². The average Bonchev–Trinajstić information content (AvgIpc) is 2.42. The van der Waals surface area contributed by atoms with Crippen molar-refractivity contribution in [3.63, 3.8) is 0 Å². The Hall–Kier alpha value is -2.46. The third kappa shape index (κ3) is 4.66. The fourth-order valence-corrected chi connectivity index (χ4v) is 1.27. The van der Waals surface area contributed by atoms with Crippen molar-refractivity contribution in [2.45, 2.75) is 0 Å². The quantitative estimate of drug-likeness (QED) is 0.471. The van der Waals surface area contributed by atoms with Crippen molar-refractivity contribution < 1.29 is 18.3 Å². The van der Waals surface area contributed by atoms with Crippen LogP contribution in [0.3, 0.4) is 0 Å². The Labute approximate surface area is 114 Å². The Bertz CT molecular complexity index is 553. The van der Waals surface area contributed by atoms with E-state index in [2.05, 4.69) is 10.6 Å². The first-order valence-electron chi connectivity index (χ1n) is 5.67. The van der Waals surface area contributed by atoms with Crippen molar-refractivity contribution in [3.8, 4) is 6.07 Å². The van der Waals surface area contributed by atoms with E-state index in [9.17, 15) is 13.6 Å². The monoisotopic (exact) mass is 281 g/mol. The van der Waals surface area contributed by atoms with Gasteiger partial charge in [-0.3, -0.25) is 4.79 Å². The number of rotatable bonds is 6. The zero-order chi connectivity index (χ0) is 15.0. The summed E-state index contributed by atoms with van der Waals surface area (Å²) in [6, 6.07) is 4.60. The summed E-state index contributed by atoms with van der Waals surface area (Å²) in [6.45, 7) is 0.559. The molecular formula is C13H13F2N3O2. The molecule has 0 saturated carbocycles. The zero-order valence-corrected chi connectivity index (χ0v) is 10.7. The van der Waals surface area contributed by atoms with Crippen LogP contribution in [0.4, 0.5) is 14.5 Å². The molecule has 0 fully saturated rings. The summed E-state index contributed by atoms with van der Waals surface area (Å²) < 4.78 is 30.8. The van der Waals surface area contributed by atoms with E-state index in [1.54, 1.807) is 6.07 Å². The van der Waals surface area contributed by atoms with E-state index in [1.807, 2.05) is 0 Å². The number of hydrogen-bond acceptors (Lipinski definition) is 4. The van der Waals surface area contributed by atoms with Gasteiger partial charge in [0.05, 0.1) is 12.3 Å². The highest BCUT2D eigenvalue weighted by atomic mass is 19.1. The van der Waals surface area contributed by atoms with Gasteiger partial charge in [0, 0.05) is 25.9 Å². The second-order valence-electron chi connectivity index (χ2n) is 3.69. The van der Waals surface area contributed by atoms with Crippen LogP contribution in [0.5, 0.6) is 0 Å². The Balaban J connectivity index is 2.70. The number of carbonyl (C=O) groups excluding carboxylic acids is 1. The second kappa shape index (κ2) is 7.86. The van der Waals surface area contributed by atoms with E-state index in [-0.39, 0.29) is 17.8 Å². The first-order valence-corrected chi connectivity index (χ1v) is 5.67. The number of amides is 1. The summed E-state index contributed by atoms with van der Waals surface area (Å²) >= 11 is 0. The molecule has 1 aromatic rings. The largest absolute Gasteiger partial charge is 0.383 e. The standard InChI is InChI=1S/C13H13F2N3O2/c1-20-5-4-17-13(19)9(7-16)8-18-12-3-2-10(14)6-11(12)15/h2-3,6,8,18H,4-5H2,1H3,(H,17,19)/b9-8-. The van der Waals surface area contributed by atoms with Gasteiger partial charge in [-0.15, -0.1) is 0 Å². The molecule has 0 aliphatic rings. The lowest BCUT2D eigenvalue weighted by atomic mass is 10.2. The van der Waals surface area contributed by atoms with Gasteiger partial charge < -0.3 is 15.4 Å². The smallest absolute Gasteiger partial charge is 0.263 e. The second-order valence-corrected chi connectivity index (χ2v) is 3.69. The van der Waals surface area contributed by atoms with E-state index in [0.29, 0.717) is 12.7 Å². The number of carbonyl (C=O) groups is 1. The molecule has 7 heteroatoms. The maximum atomic E-state index is 13.3. The molecule has 0 spiro atoms. The van der Waals surface area contributed by atoms with Gasteiger partial charge in [0.15, 0.2) is 0 Å². The van der Waals surface area contributed by atoms with E-state index in [0.717, 1.165) is 12.3 Å². The zero-order valence-electron chi connectivity index (χ0n) is 10.7. The molecular weight excluding hydrogens is 268 g/mol. The molecule has 0 aliphatic heterocycles. The molecule has 0 aromatic heterocycles. The summed E-state index contributed by atoms with van der Waals surface area (Å²) in [7, 11) is 1.48. The van der Waals surface area contributed by atoms with Gasteiger partial charge in [0.2, 0.25) is 0 Å². The lowest BCUT2D eigenvalue weighted by Crippen LogP contribution is -2.28. The molecule has 1 amide bonds. The van der Waals surface area contributed by atoms with E-state index >= 15 is 0 Å². The number of halogens is 2. The summed E-state index contributed by atoms with van der Waals surface area (Å²) in [5, 5.41) is 13.7. The molecule has 20 heavy (non-hydrogen) atoms. The molecule has 0 atom stereocenters. The maximum absolute atomic E-state index is 13.3. The van der Waals surface area contributed by atoms with Crippen LogP contribution in [-0.4, -0.2) is 26.2 Å². The lowest BCUT2D eigenvalue weighted by Gasteiger charge is -2.05. The number of anilines is 1. The highest BCUT2D eigenvalue weighted by molar-refractivity contribution is 5.97. The number of benzene rings is 1. The van der Waals surface area contributed by atoms with Crippen LogP contribution in [0.1, 0.15) is 0 Å². The molecule has 0 aliphatic carbocycles. The van der Waals surface area contributed by atoms with Gasteiger partial charge in [-0.2, -0.15) is 5.26 Å². The van der Waals surface area contributed by atoms with Crippen LogP contribution in [0, 0.1) is 23.0 Å². The van der Waals surface area contributed by atoms with Gasteiger partial charge in [-0.05, 0) is 12.1 Å². The molecule has 1 rings (SSSR count). The van der Waals surface area contributed by atoms with Crippen LogP contribution < -0.4 is 10.6 Å². The van der Waals surface area contributed by atoms with E-state index < -0.39 is 17.5 Å². The van der Waals surface area contributed by atoms with Crippen molar-refractivity contribution in [1.82, 2.24) is 5.32 Å². The molecule has 2 N–H and O–H groups in total. The molecule has 106 valence electrons. The Morgan fingerprint density at radius 1 is 1.50 bits per heavy atom. The minimum atomic E-state index is -0.821. The first-order chi connectivity index (χ1) is 9.58. The Kier molecular flexibility index (Phi) is 6.13. The van der Waals surface area contributed by atoms with Gasteiger partial charge in [-0.25, -0.2) is 8.78 Å². The molecule has 0 radical (unpaired) electrons. The van der Waals surface area contributed by atoms with Crippen molar-refractivity contribution in [2.75, 3.05) is 25.6 Å². The first kappa shape index (κ1) is 15.6. The summed E-state index contributed by atoms with van der Waals surface area (Å²) in [5.74, 6) is -2.15. The predicted octanol–water partition coefficient (Wildman–Crippen LogP) is 1.55. The summed E-state index contributed by atoms with van der Waals surface area (Å²) in [5.41, 5.74) is -0.270. The molecule has 0 saturated heterocycles. The minimum Gasteiger partial charge on any atom is -0.383 e. The highest BCUT2D eigenvalue weighted by Crippen LogP contribution is 2.15. The fraction of sp³-hybridized carbons (Fsp3) is 0.231. The molecule has 0 bridgehead atoms. The summed E-state index contributed by atoms with van der Waals surface area (Å²) in [6.07, 6.45) is 1.05. The SMILES string of the molecule is COCCNC(=O)/C(C#N)=C\Nc1ccc(F)cc1F. The molecule has 5 nitrogen and oxygen atoms in total. The molecule has 1 aromatic carbocycles. The Morgan fingerprint density at radius 2 is 2.25 bits per heavy atom. The van der Waals surface area contributed by atoms with Crippen molar-refractivity contribution in [3.05, 3.63) is 41.6 Å². The third-order valence-electron chi connectivity index (χ3n) is 2.26. The number of methoxy groups -OCH3 is 1. The number of nitrogens with zero attached hydrogens (tertiary/aromatic N) is 1. The van der Waals surface area contributed by atoms with Crippen LogP contribution >= 0.6 is 0 Å². The summed E-state index contributed by atoms with van der Waals surface area (Å²) in [4.78, 5) is 11.6. The predicted molar refractivity (Wildman–Crippen MR) is 68.6 cm³/mol. The van der Waals surface area contributed by atoms with Crippen LogP contribution in [0.2, 0.25) is 0 Å². The topological polar surface area (TPSA) is 74.1 Å². The Morgan fingerprint density at radius 3 is 2.85 bits per heavy atom. The van der Waals surface area contributed by atoms with Gasteiger partial charge in [-0.1, -0.05) is 0 Å².